The summed E-state index contributed by atoms with van der Waals surface area (Å²) in [7, 11) is 6.50. The minimum atomic E-state index is -0.918. The molecule has 0 spiro atoms. The molecule has 1 saturated heterocycles. The van der Waals surface area contributed by atoms with Gasteiger partial charge in [0.2, 0.25) is 23.6 Å². The van der Waals surface area contributed by atoms with Gasteiger partial charge in [0, 0.05) is 117 Å². The van der Waals surface area contributed by atoms with Crippen LogP contribution in [0.15, 0.2) is 54.6 Å². The molecule has 0 saturated carbocycles. The van der Waals surface area contributed by atoms with Crippen LogP contribution in [0.5, 0.6) is 0 Å². The lowest BCUT2D eigenvalue weighted by Crippen LogP contribution is -2.52. The largest absolute Gasteiger partial charge is 0.445 e. The van der Waals surface area contributed by atoms with Crippen molar-refractivity contribution in [2.45, 2.75) is 234 Å². The van der Waals surface area contributed by atoms with Crippen LogP contribution in [0.25, 0.3) is 0 Å². The quantitative estimate of drug-likeness (QED) is 0.0336. The zero-order chi connectivity index (χ0) is 76.6. The number of nitrogens with zero attached hydrogens (tertiary/aromatic N) is 3. The van der Waals surface area contributed by atoms with Crippen molar-refractivity contribution in [2.75, 3.05) is 79.7 Å². The predicted molar refractivity (Wildman–Crippen MR) is 392 cm³/mol. The van der Waals surface area contributed by atoms with Crippen LogP contribution >= 0.6 is 0 Å². The number of carbonyl (C=O) groups excluding carboxylic acids is 11. The topological polar surface area (TPSA) is 352 Å². The average molecular weight is 1440 g/mol. The summed E-state index contributed by atoms with van der Waals surface area (Å²) in [5.41, 5.74) is 12.4. The van der Waals surface area contributed by atoms with E-state index in [9.17, 15) is 57.8 Å². The molecule has 0 radical (unpaired) electrons. The highest BCUT2D eigenvalue weighted by atomic mass is 16.6. The van der Waals surface area contributed by atoms with Crippen LogP contribution < -0.4 is 27.4 Å². The zero-order valence-electron chi connectivity index (χ0n) is 63.9. The van der Waals surface area contributed by atoms with Crippen molar-refractivity contribution in [3.05, 3.63) is 65.7 Å². The van der Waals surface area contributed by atoms with Gasteiger partial charge in [0.05, 0.1) is 62.2 Å². The van der Waals surface area contributed by atoms with Crippen molar-refractivity contribution < 1.29 is 81.5 Å². The smallest absolute Gasteiger partial charge is 0.410 e. The summed E-state index contributed by atoms with van der Waals surface area (Å²) in [6.45, 7) is 22.1. The number of nitrogens with two attached hydrogens (primary N) is 2. The normalized spacial score (nSPS) is 15.8. The van der Waals surface area contributed by atoms with Gasteiger partial charge in [-0.2, -0.15) is 0 Å². The van der Waals surface area contributed by atoms with E-state index in [-0.39, 0.29) is 160 Å². The number of ether oxygens (including phenoxy) is 5. The number of aliphatic hydroxyl groups is 1. The number of aliphatic hydroxyl groups excluding tert-OH is 1. The molecule has 2 aromatic carbocycles. The molecule has 11 atom stereocenters. The molecule has 1 unspecified atom stereocenters. The number of benzene rings is 2. The first kappa shape index (κ1) is 91.1. The molecule has 576 valence electrons. The van der Waals surface area contributed by atoms with E-state index in [1.54, 1.807) is 64.3 Å². The summed E-state index contributed by atoms with van der Waals surface area (Å²) in [5, 5.41) is 18.5. The van der Waals surface area contributed by atoms with E-state index in [1.165, 1.54) is 11.9 Å². The average Bonchev–Trinajstić information content (AvgIpc) is 1.47. The molecule has 0 aliphatic carbocycles. The first-order valence-corrected chi connectivity index (χ1v) is 36.8. The Hall–Kier alpha value is -7.03. The van der Waals surface area contributed by atoms with Crippen LogP contribution in [0, 0.1) is 41.4 Å². The highest BCUT2D eigenvalue weighted by molar-refractivity contribution is 5.97. The predicted octanol–water partition coefficient (Wildman–Crippen LogP) is 9.50. The molecule has 2 aromatic rings. The summed E-state index contributed by atoms with van der Waals surface area (Å²) in [6, 6.07) is 13.3. The van der Waals surface area contributed by atoms with Crippen molar-refractivity contribution >= 4 is 70.4 Å². The fourth-order valence-electron chi connectivity index (χ4n) is 12.9. The number of urea groups is 1. The van der Waals surface area contributed by atoms with Crippen molar-refractivity contribution in [1.82, 2.24) is 25.3 Å². The second-order valence-corrected chi connectivity index (χ2v) is 28.2. The molecule has 1 aliphatic rings. The van der Waals surface area contributed by atoms with E-state index in [4.69, 9.17) is 35.2 Å². The molecule has 0 bridgehead atoms. The lowest BCUT2D eigenvalue weighted by atomic mass is 9.84. The van der Waals surface area contributed by atoms with Gasteiger partial charge in [0.25, 0.3) is 0 Å². The number of primary amides is 1. The maximum atomic E-state index is 14.0. The highest BCUT2D eigenvalue weighted by Gasteiger charge is 2.40. The minimum Gasteiger partial charge on any atom is -0.445 e. The number of likely N-dealkylation sites (N-methyl/N-ethyl adjacent to an activating group) is 2. The van der Waals surface area contributed by atoms with E-state index in [0.717, 1.165) is 50.6 Å². The molecule has 1 aliphatic heterocycles. The minimum absolute atomic E-state index is 0.0225. The number of nitrogens with one attached hydrogen (secondary N) is 3. The molecule has 8 N–H and O–H groups in total. The van der Waals surface area contributed by atoms with Crippen molar-refractivity contribution in [2.24, 2.45) is 52.9 Å². The Labute approximate surface area is 607 Å². The number of hydrogen-bond donors (Lipinski definition) is 6. The maximum absolute atomic E-state index is 14.0. The summed E-state index contributed by atoms with van der Waals surface area (Å²) in [5.74, 6) is -3.59. The van der Waals surface area contributed by atoms with Crippen molar-refractivity contribution in [1.29, 1.82) is 0 Å². The van der Waals surface area contributed by atoms with Crippen LogP contribution in [0.2, 0.25) is 0 Å². The Morgan fingerprint density at radius 3 is 1.89 bits per heavy atom. The number of hydrogen-bond acceptors (Lipinski definition) is 18. The summed E-state index contributed by atoms with van der Waals surface area (Å²) >= 11 is 0. The van der Waals surface area contributed by atoms with E-state index in [1.807, 2.05) is 83.7 Å². The Bertz CT molecular complexity index is 2870. The fraction of sp³-hybridized carbons (Fsp3) is 0.701. The number of ketones is 5. The molecule has 25 heteroatoms. The number of unbranched alkanes of at least 4 members (excludes halogenated alkanes) is 2. The van der Waals surface area contributed by atoms with Crippen LogP contribution in [-0.2, 0) is 73.4 Å². The van der Waals surface area contributed by atoms with Crippen LogP contribution in [0.1, 0.15) is 203 Å². The Morgan fingerprint density at radius 2 is 1.31 bits per heavy atom. The number of carbonyl (C=O) groups is 11. The molecule has 1 heterocycles. The Morgan fingerprint density at radius 1 is 0.676 bits per heavy atom. The first-order valence-electron chi connectivity index (χ1n) is 36.8. The zero-order valence-corrected chi connectivity index (χ0v) is 63.9. The summed E-state index contributed by atoms with van der Waals surface area (Å²) < 4.78 is 27.9. The molecule has 1 fully saturated rings. The molecular formula is C77H126N8O17. The maximum Gasteiger partial charge on any atom is 0.410 e. The molecule has 7 amide bonds. The second kappa shape index (κ2) is 49.6. The van der Waals surface area contributed by atoms with Gasteiger partial charge in [-0.05, 0) is 105 Å². The second-order valence-electron chi connectivity index (χ2n) is 28.2. The number of anilines is 1. The molecular weight excluding hydrogens is 1310 g/mol. The van der Waals surface area contributed by atoms with Gasteiger partial charge in [-0.3, -0.25) is 43.2 Å². The van der Waals surface area contributed by atoms with Crippen LogP contribution in [-0.4, -0.2) is 195 Å². The van der Waals surface area contributed by atoms with Crippen LogP contribution in [0.4, 0.5) is 15.3 Å². The van der Waals surface area contributed by atoms with E-state index in [2.05, 4.69) is 29.8 Å². The van der Waals surface area contributed by atoms with E-state index < -0.39 is 54.0 Å². The van der Waals surface area contributed by atoms with Gasteiger partial charge in [0.1, 0.15) is 30.6 Å². The molecule has 25 nitrogen and oxygen atoms in total. The third-order valence-corrected chi connectivity index (χ3v) is 19.1. The molecule has 0 aromatic heterocycles. The van der Waals surface area contributed by atoms with E-state index in [0.29, 0.717) is 62.8 Å². The first-order chi connectivity index (χ1) is 48.4. The molecule has 3 rings (SSSR count). The van der Waals surface area contributed by atoms with Gasteiger partial charge >= 0.3 is 12.1 Å². The highest BCUT2D eigenvalue weighted by Crippen LogP contribution is 2.31. The van der Waals surface area contributed by atoms with Crippen LogP contribution in [0.3, 0.4) is 0 Å². The third-order valence-electron chi connectivity index (χ3n) is 19.1. The third kappa shape index (κ3) is 33.2. The lowest BCUT2D eigenvalue weighted by Gasteiger charge is -2.39. The Balaban J connectivity index is 0.00000113. The fourth-order valence-corrected chi connectivity index (χ4v) is 12.9. The van der Waals surface area contributed by atoms with Crippen molar-refractivity contribution in [3.63, 3.8) is 0 Å². The summed E-state index contributed by atoms with van der Waals surface area (Å²) in [4.78, 5) is 146. The van der Waals surface area contributed by atoms with E-state index >= 15 is 0 Å². The Kier molecular flexibility index (Phi) is 44.3. The number of amides is 7. The van der Waals surface area contributed by atoms with Gasteiger partial charge < -0.3 is 70.9 Å². The standard InChI is InChI=1S/C56H95N7O13.C21H31NO4/c1-13-39(8)52(40(9)73-12)62(10)54(70)46(36(2)3)32-48(67)51(38(6)7)63(11)56(72)76-34-41-23-25-43(26-24-41)60-53(69)42(19-17-27-59-55(58)71)31-47(66)50(37(4)5)61-49(68)35-75-30-29-74-28-18-22-44(64)20-15-14-16-21-45(65)33-57;1-4-20(24)22-12-8-11-18(22)19(26-3)14-17(23)13-15(2)21(25)16-9-6-5-7-10-16/h23-26,36-40,42,46,50-52H,13-22,27-35,57H2,1-12H3,(H,60,69)(H,61,68)(H3,58,59,71);5-7,9-10,15,18-19,21,25H,4,8,11-14H2,1-3H3/t39-,40+,42+,46-,50-,51?,52-;15-,18-,19+,21+/m00/s1. The number of rotatable bonds is 50. The summed E-state index contributed by atoms with van der Waals surface area (Å²) in [6.07, 6.45) is 6.25. The monoisotopic (exact) mass is 1430 g/mol. The van der Waals surface area contributed by atoms with Gasteiger partial charge in [-0.15, -0.1) is 0 Å². The van der Waals surface area contributed by atoms with Gasteiger partial charge in [0.15, 0.2) is 11.6 Å². The molecule has 102 heavy (non-hydrogen) atoms. The van der Waals surface area contributed by atoms with Crippen molar-refractivity contribution in [3.8, 4) is 0 Å². The SMILES string of the molecule is CCC(=O)N1CCC[C@H]1[C@@H](CC(=O)C[C@H](C)[C@@H](O)c1ccccc1)OC.CC[C@H](C)[C@@H]([C@@H](C)OC)N(C)C(=O)[C@@H](CC(=O)C(C(C)C)N(C)C(=O)OCc1ccc(NC(=O)[C@H](CCCNC(N)=O)CC(=O)[C@@H](NC(=O)COCCOCCCC(=O)CCCCCC(=O)CN)C(C)C)cc1)C(C)C. The number of Topliss-reactive ketones (excluding diaryl/α,β-unsaturated/α-hetero) is 5. The number of methoxy groups -OCH3 is 2. The van der Waals surface area contributed by atoms with Gasteiger partial charge in [-0.1, -0.05) is 125 Å². The van der Waals surface area contributed by atoms with Gasteiger partial charge in [-0.25, -0.2) is 9.59 Å². The lowest BCUT2D eigenvalue weighted by molar-refractivity contribution is -0.145. The number of likely N-dealkylation sites (tertiary alicyclic amines) is 1.